The number of fused-ring (bicyclic) bond motifs is 2. The second-order valence-corrected chi connectivity index (χ2v) is 11.8. The van der Waals surface area contributed by atoms with E-state index in [1.165, 1.54) is 16.7 Å². The molecule has 1 saturated carbocycles. The molecular formula is C30H47N3O2. The van der Waals surface area contributed by atoms with Gasteiger partial charge in [-0.15, -0.1) is 13.2 Å². The highest BCUT2D eigenvalue weighted by Crippen LogP contribution is 2.64. The summed E-state index contributed by atoms with van der Waals surface area (Å²) >= 11 is 0. The van der Waals surface area contributed by atoms with E-state index in [2.05, 4.69) is 68.4 Å². The molecule has 0 aromatic heterocycles. The quantitative estimate of drug-likeness (QED) is 0.219. The number of likely N-dealkylation sites (tertiary alicyclic amines) is 1. The molecule has 1 heterocycles. The fourth-order valence-electron chi connectivity index (χ4n) is 6.58. The maximum Gasteiger partial charge on any atom is 0.0994 e. The average Bonchev–Trinajstić information content (AvgIpc) is 3.18. The highest BCUT2D eigenvalue weighted by atomic mass is 16.5. The minimum Gasteiger partial charge on any atom is -0.365 e. The molecule has 5 nitrogen and oxygen atoms in total. The Morgan fingerprint density at radius 3 is 2.63 bits per heavy atom. The van der Waals surface area contributed by atoms with Crippen LogP contribution in [0.1, 0.15) is 51.2 Å². The summed E-state index contributed by atoms with van der Waals surface area (Å²) in [5.41, 5.74) is 11.1. The molecular weight excluding hydrogens is 434 g/mol. The van der Waals surface area contributed by atoms with Crippen molar-refractivity contribution in [2.75, 3.05) is 33.2 Å². The minimum atomic E-state index is 0.0793. The SMILES string of the molecule is C=CCCC(CC(=C)C)NCOCC1C2C(CN1COCC(N)C1Cc3ccccc3C1)C2(C)C. The van der Waals surface area contributed by atoms with Gasteiger partial charge in [-0.1, -0.05) is 49.8 Å². The molecule has 5 unspecified atom stereocenters. The lowest BCUT2D eigenvalue weighted by molar-refractivity contribution is -0.0310. The first kappa shape index (κ1) is 26.6. The average molecular weight is 482 g/mol. The molecule has 5 atom stereocenters. The minimum absolute atomic E-state index is 0.0793. The first-order chi connectivity index (χ1) is 16.8. The van der Waals surface area contributed by atoms with Crippen LogP contribution in [-0.4, -0.2) is 56.2 Å². The zero-order valence-electron chi connectivity index (χ0n) is 22.2. The van der Waals surface area contributed by atoms with Gasteiger partial charge >= 0.3 is 0 Å². The van der Waals surface area contributed by atoms with Gasteiger partial charge in [0.1, 0.15) is 0 Å². The molecule has 1 aromatic rings. The summed E-state index contributed by atoms with van der Waals surface area (Å²) in [4.78, 5) is 2.49. The summed E-state index contributed by atoms with van der Waals surface area (Å²) < 4.78 is 12.4. The molecule has 0 radical (unpaired) electrons. The fraction of sp³-hybridized carbons (Fsp3) is 0.667. The largest absolute Gasteiger partial charge is 0.365 e. The lowest BCUT2D eigenvalue weighted by Crippen LogP contribution is -2.43. The number of hydrogen-bond acceptors (Lipinski definition) is 5. The summed E-state index contributed by atoms with van der Waals surface area (Å²) in [5.74, 6) is 1.92. The molecule has 3 N–H and O–H groups in total. The molecule has 2 aliphatic carbocycles. The van der Waals surface area contributed by atoms with Gasteiger partial charge in [-0.05, 0) is 73.3 Å². The molecule has 35 heavy (non-hydrogen) atoms. The van der Waals surface area contributed by atoms with E-state index in [1.54, 1.807) is 0 Å². The Morgan fingerprint density at radius 1 is 1.26 bits per heavy atom. The van der Waals surface area contributed by atoms with Gasteiger partial charge in [0.2, 0.25) is 0 Å². The van der Waals surface area contributed by atoms with Crippen LogP contribution in [0.3, 0.4) is 0 Å². The number of nitrogens with two attached hydrogens (primary N) is 1. The Kier molecular flexibility index (Phi) is 8.88. The molecule has 1 aromatic carbocycles. The van der Waals surface area contributed by atoms with E-state index >= 15 is 0 Å². The zero-order valence-corrected chi connectivity index (χ0v) is 22.2. The zero-order chi connectivity index (χ0) is 25.0. The third-order valence-electron chi connectivity index (χ3n) is 8.79. The van der Waals surface area contributed by atoms with Crippen molar-refractivity contribution in [3.8, 4) is 0 Å². The highest BCUT2D eigenvalue weighted by molar-refractivity contribution is 5.32. The van der Waals surface area contributed by atoms with Crippen molar-refractivity contribution in [3.63, 3.8) is 0 Å². The van der Waals surface area contributed by atoms with Crippen molar-refractivity contribution >= 4 is 0 Å². The molecule has 2 fully saturated rings. The van der Waals surface area contributed by atoms with Crippen molar-refractivity contribution in [1.29, 1.82) is 0 Å². The summed E-state index contributed by atoms with van der Waals surface area (Å²) in [5, 5.41) is 3.57. The van der Waals surface area contributed by atoms with Crippen LogP contribution in [0.5, 0.6) is 0 Å². The van der Waals surface area contributed by atoms with Crippen LogP contribution in [0.15, 0.2) is 49.1 Å². The second-order valence-electron chi connectivity index (χ2n) is 11.8. The Labute approximate surface area is 213 Å². The van der Waals surface area contributed by atoms with Crippen LogP contribution in [0.2, 0.25) is 0 Å². The Bertz CT molecular complexity index is 844. The third kappa shape index (κ3) is 6.44. The van der Waals surface area contributed by atoms with Gasteiger partial charge < -0.3 is 15.2 Å². The van der Waals surface area contributed by atoms with Crippen LogP contribution in [-0.2, 0) is 22.3 Å². The molecule has 5 heteroatoms. The van der Waals surface area contributed by atoms with E-state index < -0.39 is 0 Å². The summed E-state index contributed by atoms with van der Waals surface area (Å²) in [7, 11) is 0. The molecule has 1 saturated heterocycles. The monoisotopic (exact) mass is 481 g/mol. The molecule has 194 valence electrons. The van der Waals surface area contributed by atoms with Gasteiger partial charge in [-0.25, -0.2) is 0 Å². The highest BCUT2D eigenvalue weighted by Gasteiger charge is 2.66. The van der Waals surface area contributed by atoms with E-state index in [0.29, 0.717) is 49.4 Å². The maximum absolute atomic E-state index is 6.56. The lowest BCUT2D eigenvalue weighted by Gasteiger charge is -2.31. The molecule has 3 aliphatic rings. The fourth-order valence-corrected chi connectivity index (χ4v) is 6.58. The number of nitrogens with one attached hydrogen (secondary N) is 1. The Morgan fingerprint density at radius 2 is 1.97 bits per heavy atom. The summed E-state index contributed by atoms with van der Waals surface area (Å²) in [6, 6.07) is 9.61. The number of hydrogen-bond donors (Lipinski definition) is 2. The Hall–Kier alpha value is -1.50. The van der Waals surface area contributed by atoms with Crippen LogP contribution < -0.4 is 11.1 Å². The Balaban J connectivity index is 1.20. The van der Waals surface area contributed by atoms with Crippen molar-refractivity contribution in [3.05, 3.63) is 60.2 Å². The van der Waals surface area contributed by atoms with E-state index in [1.807, 2.05) is 6.08 Å². The first-order valence-corrected chi connectivity index (χ1v) is 13.5. The van der Waals surface area contributed by atoms with Crippen LogP contribution >= 0.6 is 0 Å². The number of piperidine rings is 1. The van der Waals surface area contributed by atoms with E-state index in [4.69, 9.17) is 15.2 Å². The number of benzene rings is 1. The maximum atomic E-state index is 6.56. The standard InChI is InChI=1S/C30H47N3O2/c1-6-7-12-25(13-21(2)3)32-19-34-18-28-29-26(30(29,4)5)16-33(28)20-35-17-27(31)24-14-22-10-8-9-11-23(22)15-24/h6,8-11,24-29,32H,1-2,7,12-20,31H2,3-5H3. The predicted molar refractivity (Wildman–Crippen MR) is 144 cm³/mol. The molecule has 1 aliphatic heterocycles. The van der Waals surface area contributed by atoms with Gasteiger partial charge in [-0.3, -0.25) is 10.2 Å². The van der Waals surface area contributed by atoms with Crippen LogP contribution in [0, 0.1) is 23.2 Å². The topological polar surface area (TPSA) is 59.8 Å². The number of nitrogens with zero attached hydrogens (tertiary/aromatic N) is 1. The molecule has 0 spiro atoms. The normalized spacial score (nSPS) is 26.8. The second kappa shape index (κ2) is 11.7. The predicted octanol–water partition coefficient (Wildman–Crippen LogP) is 4.52. The molecule has 4 rings (SSSR count). The van der Waals surface area contributed by atoms with Crippen molar-refractivity contribution in [2.45, 2.75) is 71.0 Å². The summed E-state index contributed by atoms with van der Waals surface area (Å²) in [6.45, 7) is 18.5. The van der Waals surface area contributed by atoms with E-state index in [0.717, 1.165) is 51.2 Å². The number of rotatable bonds is 15. The van der Waals surface area contributed by atoms with Gasteiger partial charge in [-0.2, -0.15) is 0 Å². The van der Waals surface area contributed by atoms with Gasteiger partial charge in [0.15, 0.2) is 0 Å². The number of ether oxygens (including phenoxy) is 2. The third-order valence-corrected chi connectivity index (χ3v) is 8.79. The van der Waals surface area contributed by atoms with Crippen molar-refractivity contribution < 1.29 is 9.47 Å². The number of allylic oxidation sites excluding steroid dienone is 1. The molecule has 0 amide bonds. The van der Waals surface area contributed by atoms with Gasteiger partial charge in [0.25, 0.3) is 0 Å². The van der Waals surface area contributed by atoms with Gasteiger partial charge in [0.05, 0.1) is 26.7 Å². The molecule has 0 bridgehead atoms. The van der Waals surface area contributed by atoms with E-state index in [-0.39, 0.29) is 6.04 Å². The smallest absolute Gasteiger partial charge is 0.0994 e. The van der Waals surface area contributed by atoms with Crippen molar-refractivity contribution in [2.24, 2.45) is 28.9 Å². The first-order valence-electron chi connectivity index (χ1n) is 13.5. The summed E-state index contributed by atoms with van der Waals surface area (Å²) in [6.07, 6.45) is 7.18. The van der Waals surface area contributed by atoms with Crippen LogP contribution in [0.25, 0.3) is 0 Å². The lowest BCUT2D eigenvalue weighted by atomic mass is 9.98. The van der Waals surface area contributed by atoms with E-state index in [9.17, 15) is 0 Å². The van der Waals surface area contributed by atoms with Crippen molar-refractivity contribution in [1.82, 2.24) is 10.2 Å². The van der Waals surface area contributed by atoms with Crippen LogP contribution in [0.4, 0.5) is 0 Å². The van der Waals surface area contributed by atoms with Gasteiger partial charge in [0, 0.05) is 24.7 Å².